The summed E-state index contributed by atoms with van der Waals surface area (Å²) < 4.78 is 2.00. The van der Waals surface area contributed by atoms with Crippen LogP contribution in [0.4, 0.5) is 0 Å². The number of rotatable bonds is 8. The van der Waals surface area contributed by atoms with Crippen molar-refractivity contribution in [2.45, 2.75) is 45.6 Å². The molecule has 5 nitrogen and oxygen atoms in total. The van der Waals surface area contributed by atoms with Gasteiger partial charge in [-0.15, -0.1) is 12.4 Å². The van der Waals surface area contributed by atoms with Gasteiger partial charge >= 0.3 is 0 Å². The van der Waals surface area contributed by atoms with Crippen LogP contribution in [0.15, 0.2) is 54.6 Å². The van der Waals surface area contributed by atoms with Crippen LogP contribution in [0.5, 0.6) is 0 Å². The van der Waals surface area contributed by atoms with Crippen LogP contribution in [0.2, 0.25) is 0 Å². The van der Waals surface area contributed by atoms with Crippen LogP contribution in [-0.4, -0.2) is 46.8 Å². The number of benzene rings is 2. The lowest BCUT2D eigenvalue weighted by Crippen LogP contribution is -2.39. The van der Waals surface area contributed by atoms with Gasteiger partial charge in [0.15, 0.2) is 5.69 Å². The molecule has 2 aromatic carbocycles. The first-order chi connectivity index (χ1) is 15.2. The van der Waals surface area contributed by atoms with Crippen molar-refractivity contribution in [3.63, 3.8) is 0 Å². The predicted octanol–water partition coefficient (Wildman–Crippen LogP) is 5.11. The number of likely N-dealkylation sites (tertiary alicyclic amines) is 1. The molecular formula is C26H35ClN4O. The molecule has 0 spiro atoms. The zero-order valence-corrected chi connectivity index (χ0v) is 20.0. The number of nitrogens with zero attached hydrogens (tertiary/aromatic N) is 3. The lowest BCUT2D eigenvalue weighted by molar-refractivity contribution is 0.0931. The summed E-state index contributed by atoms with van der Waals surface area (Å²) in [5, 5.41) is 8.80. The normalized spacial score (nSPS) is 15.9. The van der Waals surface area contributed by atoms with Gasteiger partial charge in [0.1, 0.15) is 0 Å². The number of hydrogen-bond acceptors (Lipinski definition) is 3. The van der Waals surface area contributed by atoms with Crippen LogP contribution in [-0.2, 0) is 6.42 Å². The van der Waals surface area contributed by atoms with Crippen LogP contribution >= 0.6 is 12.4 Å². The number of piperidine rings is 1. The summed E-state index contributed by atoms with van der Waals surface area (Å²) in [4.78, 5) is 15.5. The van der Waals surface area contributed by atoms with E-state index in [2.05, 4.69) is 65.6 Å². The summed E-state index contributed by atoms with van der Waals surface area (Å²) in [7, 11) is 0. The number of para-hydroxylation sites is 1. The summed E-state index contributed by atoms with van der Waals surface area (Å²) in [5.74, 6) is 0.490. The van der Waals surface area contributed by atoms with E-state index in [1.165, 1.54) is 5.56 Å². The Morgan fingerprint density at radius 3 is 2.50 bits per heavy atom. The van der Waals surface area contributed by atoms with Crippen molar-refractivity contribution in [2.75, 3.05) is 26.2 Å². The third kappa shape index (κ3) is 5.70. The van der Waals surface area contributed by atoms with Gasteiger partial charge in [0.2, 0.25) is 0 Å². The third-order valence-electron chi connectivity index (χ3n) is 6.66. The molecule has 1 aromatic heterocycles. The number of fused-ring (bicyclic) bond motifs is 1. The van der Waals surface area contributed by atoms with Crippen LogP contribution in [0, 0.1) is 5.92 Å². The number of halogens is 1. The molecule has 0 radical (unpaired) electrons. The molecule has 1 atom stereocenters. The first kappa shape index (κ1) is 24.3. The quantitative estimate of drug-likeness (QED) is 0.514. The highest BCUT2D eigenvalue weighted by atomic mass is 35.5. The highest BCUT2D eigenvalue weighted by Gasteiger charge is 2.22. The average molecular weight is 455 g/mol. The molecule has 1 saturated heterocycles. The van der Waals surface area contributed by atoms with Gasteiger partial charge in [-0.2, -0.15) is 5.10 Å². The number of carbonyl (C=O) groups excluding carboxylic acids is 1. The van der Waals surface area contributed by atoms with E-state index in [-0.39, 0.29) is 24.4 Å². The highest BCUT2D eigenvalue weighted by Crippen LogP contribution is 2.23. The Morgan fingerprint density at radius 2 is 1.78 bits per heavy atom. The average Bonchev–Trinajstić information content (AvgIpc) is 3.22. The van der Waals surface area contributed by atoms with Crippen molar-refractivity contribution in [3.05, 3.63) is 65.9 Å². The van der Waals surface area contributed by atoms with Crippen molar-refractivity contribution in [3.8, 4) is 0 Å². The van der Waals surface area contributed by atoms with E-state index in [1.54, 1.807) is 0 Å². The molecule has 1 amide bonds. The summed E-state index contributed by atoms with van der Waals surface area (Å²) in [6, 6.07) is 19.0. The Labute approximate surface area is 197 Å². The van der Waals surface area contributed by atoms with E-state index >= 15 is 0 Å². The zero-order valence-electron chi connectivity index (χ0n) is 19.2. The second kappa shape index (κ2) is 11.5. The monoisotopic (exact) mass is 454 g/mol. The molecule has 3 aromatic rings. The van der Waals surface area contributed by atoms with E-state index in [0.29, 0.717) is 11.6 Å². The first-order valence-corrected chi connectivity index (χ1v) is 11.7. The minimum absolute atomic E-state index is 0. The molecule has 1 N–H and O–H groups in total. The Hall–Kier alpha value is -2.37. The Balaban J connectivity index is 0.00000289. The minimum Gasteiger partial charge on any atom is -0.350 e. The van der Waals surface area contributed by atoms with Gasteiger partial charge in [-0.25, -0.2) is 0 Å². The number of hydrogen-bond donors (Lipinski definition) is 1. The van der Waals surface area contributed by atoms with E-state index in [4.69, 9.17) is 0 Å². The minimum atomic E-state index is -0.0511. The maximum Gasteiger partial charge on any atom is 0.272 e. The Kier molecular flexibility index (Phi) is 8.71. The Bertz CT molecular complexity index is 995. The molecule has 0 bridgehead atoms. The van der Waals surface area contributed by atoms with E-state index in [1.807, 2.05) is 22.9 Å². The van der Waals surface area contributed by atoms with Crippen molar-refractivity contribution < 1.29 is 4.79 Å². The summed E-state index contributed by atoms with van der Waals surface area (Å²) in [6.45, 7) is 8.36. The molecule has 1 fully saturated rings. The molecular weight excluding hydrogens is 420 g/mol. The van der Waals surface area contributed by atoms with Crippen molar-refractivity contribution in [2.24, 2.45) is 5.92 Å². The second-order valence-corrected chi connectivity index (χ2v) is 8.80. The van der Waals surface area contributed by atoms with Crippen molar-refractivity contribution in [1.82, 2.24) is 20.0 Å². The smallest absolute Gasteiger partial charge is 0.272 e. The van der Waals surface area contributed by atoms with E-state index < -0.39 is 0 Å². The van der Waals surface area contributed by atoms with Crippen LogP contribution in [0.25, 0.3) is 10.9 Å². The van der Waals surface area contributed by atoms with Crippen LogP contribution < -0.4 is 5.32 Å². The second-order valence-electron chi connectivity index (χ2n) is 8.80. The first-order valence-electron chi connectivity index (χ1n) is 11.7. The van der Waals surface area contributed by atoms with Gasteiger partial charge in [0.25, 0.3) is 5.91 Å². The Morgan fingerprint density at radius 1 is 1.09 bits per heavy atom. The number of amides is 1. The molecule has 4 rings (SSSR count). The molecule has 0 aliphatic carbocycles. The summed E-state index contributed by atoms with van der Waals surface area (Å²) in [6.07, 6.45) is 4.36. The largest absolute Gasteiger partial charge is 0.350 e. The fraction of sp³-hybridized carbons (Fsp3) is 0.462. The van der Waals surface area contributed by atoms with Gasteiger partial charge in [-0.1, -0.05) is 55.5 Å². The summed E-state index contributed by atoms with van der Waals surface area (Å²) >= 11 is 0. The van der Waals surface area contributed by atoms with E-state index in [9.17, 15) is 4.79 Å². The van der Waals surface area contributed by atoms with Crippen LogP contribution in [0.1, 0.15) is 55.2 Å². The zero-order chi connectivity index (χ0) is 21.6. The molecule has 2 heterocycles. The van der Waals surface area contributed by atoms with Gasteiger partial charge in [0, 0.05) is 24.5 Å². The maximum absolute atomic E-state index is 13.0. The molecule has 0 saturated carbocycles. The lowest BCUT2D eigenvalue weighted by Gasteiger charge is -2.32. The number of carbonyl (C=O) groups is 1. The topological polar surface area (TPSA) is 50.2 Å². The SMILES string of the molecule is CCC(C)n1nc(C(=O)NCC2CCN(CCc3ccccc3)CC2)c2ccccc21.Cl. The van der Waals surface area contributed by atoms with Gasteiger partial charge in [0.05, 0.1) is 5.52 Å². The maximum atomic E-state index is 13.0. The standard InChI is InChI=1S/C26H34N4O.ClH/c1-3-20(2)30-24-12-8-7-11-23(24)25(28-30)26(31)27-19-22-14-17-29(18-15-22)16-13-21-9-5-4-6-10-21;/h4-12,20,22H,3,13-19H2,1-2H3,(H,27,31);1H. The fourth-order valence-electron chi connectivity index (χ4n) is 4.43. The molecule has 1 unspecified atom stereocenters. The van der Waals surface area contributed by atoms with Crippen molar-refractivity contribution in [1.29, 1.82) is 0 Å². The van der Waals surface area contributed by atoms with Gasteiger partial charge in [-0.05, 0) is 63.2 Å². The molecule has 172 valence electrons. The molecule has 6 heteroatoms. The number of nitrogens with one attached hydrogen (secondary N) is 1. The van der Waals surface area contributed by atoms with Crippen molar-refractivity contribution >= 4 is 29.2 Å². The molecule has 1 aliphatic rings. The fourth-order valence-corrected chi connectivity index (χ4v) is 4.43. The molecule has 32 heavy (non-hydrogen) atoms. The third-order valence-corrected chi connectivity index (χ3v) is 6.66. The lowest BCUT2D eigenvalue weighted by atomic mass is 9.96. The highest BCUT2D eigenvalue weighted by molar-refractivity contribution is 6.04. The predicted molar refractivity (Wildman–Crippen MR) is 134 cm³/mol. The molecule has 1 aliphatic heterocycles. The van der Waals surface area contributed by atoms with Gasteiger partial charge in [-0.3, -0.25) is 9.48 Å². The van der Waals surface area contributed by atoms with E-state index in [0.717, 1.165) is 62.8 Å². The number of aromatic nitrogens is 2. The summed E-state index contributed by atoms with van der Waals surface area (Å²) in [5.41, 5.74) is 2.99. The van der Waals surface area contributed by atoms with Crippen LogP contribution in [0.3, 0.4) is 0 Å². The van der Waals surface area contributed by atoms with Gasteiger partial charge < -0.3 is 10.2 Å².